The van der Waals surface area contributed by atoms with E-state index in [9.17, 15) is 4.79 Å². The fraction of sp³-hybridized carbons (Fsp3) is 0.462. The van der Waals surface area contributed by atoms with E-state index >= 15 is 0 Å². The third kappa shape index (κ3) is 5.50. The summed E-state index contributed by atoms with van der Waals surface area (Å²) in [5.41, 5.74) is 0. The summed E-state index contributed by atoms with van der Waals surface area (Å²) in [6, 6.07) is 10.3. The van der Waals surface area contributed by atoms with Crippen molar-refractivity contribution in [2.45, 2.75) is 29.2 Å². The van der Waals surface area contributed by atoms with Crippen molar-refractivity contribution < 1.29 is 4.79 Å². The van der Waals surface area contributed by atoms with Crippen molar-refractivity contribution >= 4 is 29.4 Å². The lowest BCUT2D eigenvalue weighted by Gasteiger charge is -2.14. The van der Waals surface area contributed by atoms with Crippen LogP contribution in [-0.2, 0) is 4.79 Å². The molecule has 0 heterocycles. The minimum absolute atomic E-state index is 0.0314. The molecule has 0 aliphatic rings. The molecule has 4 heteroatoms. The predicted molar refractivity (Wildman–Crippen MR) is 77.7 cm³/mol. The molecular weight excluding hydrogens is 250 g/mol. The first-order valence-corrected chi connectivity index (χ1v) is 7.82. The topological polar surface area (TPSA) is 29.1 Å². The van der Waals surface area contributed by atoms with Crippen LogP contribution in [0.3, 0.4) is 0 Å². The molecule has 1 amide bonds. The average Bonchev–Trinajstić information content (AvgIpc) is 2.36. The van der Waals surface area contributed by atoms with Crippen LogP contribution in [0, 0.1) is 0 Å². The number of carbonyl (C=O) groups is 1. The molecule has 1 rings (SSSR count). The van der Waals surface area contributed by atoms with Gasteiger partial charge in [-0.3, -0.25) is 4.79 Å². The molecule has 0 aliphatic carbocycles. The zero-order valence-corrected chi connectivity index (χ0v) is 12.1. The Labute approximate surface area is 112 Å². The van der Waals surface area contributed by atoms with Gasteiger partial charge in [-0.25, -0.2) is 0 Å². The molecule has 2 nitrogen and oxygen atoms in total. The van der Waals surface area contributed by atoms with Crippen LogP contribution in [0.4, 0.5) is 0 Å². The lowest BCUT2D eigenvalue weighted by molar-refractivity contribution is -0.120. The van der Waals surface area contributed by atoms with Gasteiger partial charge in [0.1, 0.15) is 0 Å². The fourth-order valence-corrected chi connectivity index (χ4v) is 2.51. The van der Waals surface area contributed by atoms with Gasteiger partial charge in [-0.2, -0.15) is 11.8 Å². The zero-order valence-electron chi connectivity index (χ0n) is 10.5. The van der Waals surface area contributed by atoms with Crippen LogP contribution in [0.15, 0.2) is 35.2 Å². The van der Waals surface area contributed by atoms with Gasteiger partial charge in [0.05, 0.1) is 5.25 Å². The summed E-state index contributed by atoms with van der Waals surface area (Å²) >= 11 is 3.35. The summed E-state index contributed by atoms with van der Waals surface area (Å²) in [5, 5.41) is 3.39. The Morgan fingerprint density at radius 1 is 1.29 bits per heavy atom. The largest absolute Gasteiger partial charge is 0.354 e. The van der Waals surface area contributed by atoms with Gasteiger partial charge in [0.2, 0.25) is 5.91 Å². The first-order chi connectivity index (χ1) is 8.13. The number of benzene rings is 1. The van der Waals surface area contributed by atoms with Gasteiger partial charge in [-0.05, 0) is 25.3 Å². The number of carbonyl (C=O) groups excluding carboxylic acids is 1. The highest BCUT2D eigenvalue weighted by atomic mass is 32.2. The number of hydrogen-bond donors (Lipinski definition) is 1. The van der Waals surface area contributed by atoms with Gasteiger partial charge in [0.15, 0.2) is 0 Å². The molecule has 1 aromatic rings. The third-order valence-corrected chi connectivity index (χ3v) is 4.40. The molecule has 0 radical (unpaired) electrons. The Morgan fingerprint density at radius 3 is 2.53 bits per heavy atom. The predicted octanol–water partition coefficient (Wildman–Crippen LogP) is 3.03. The highest BCUT2D eigenvalue weighted by Gasteiger charge is 2.12. The van der Waals surface area contributed by atoms with E-state index in [0.29, 0.717) is 11.8 Å². The van der Waals surface area contributed by atoms with Crippen molar-refractivity contribution in [3.05, 3.63) is 30.3 Å². The minimum Gasteiger partial charge on any atom is -0.354 e. The maximum atomic E-state index is 11.6. The monoisotopic (exact) mass is 269 g/mol. The van der Waals surface area contributed by atoms with Gasteiger partial charge < -0.3 is 5.32 Å². The van der Waals surface area contributed by atoms with Gasteiger partial charge in [0.25, 0.3) is 0 Å². The van der Waals surface area contributed by atoms with E-state index in [-0.39, 0.29) is 11.2 Å². The Kier molecular flexibility index (Phi) is 6.52. The molecule has 0 aromatic heterocycles. The Morgan fingerprint density at radius 2 is 1.94 bits per heavy atom. The van der Waals surface area contributed by atoms with E-state index in [1.165, 1.54) is 4.90 Å². The minimum atomic E-state index is 0.0314. The van der Waals surface area contributed by atoms with Crippen molar-refractivity contribution in [1.29, 1.82) is 0 Å². The lowest BCUT2D eigenvalue weighted by atomic mass is 10.4. The summed E-state index contributed by atoms with van der Waals surface area (Å²) in [5.74, 6) is 0.123. The smallest absolute Gasteiger partial charge is 0.232 e. The Balaban J connectivity index is 2.31. The van der Waals surface area contributed by atoms with Crippen LogP contribution < -0.4 is 5.32 Å². The van der Waals surface area contributed by atoms with Gasteiger partial charge in [-0.1, -0.05) is 25.1 Å². The average molecular weight is 269 g/mol. The normalized spacial score (nSPS) is 14.1. The molecule has 1 aromatic carbocycles. The highest BCUT2D eigenvalue weighted by molar-refractivity contribution is 8.00. The van der Waals surface area contributed by atoms with E-state index < -0.39 is 0 Å². The van der Waals surface area contributed by atoms with Gasteiger partial charge in [0, 0.05) is 16.7 Å². The van der Waals surface area contributed by atoms with E-state index in [0.717, 1.165) is 0 Å². The molecule has 0 unspecified atom stereocenters. The maximum Gasteiger partial charge on any atom is 0.232 e. The molecule has 0 fully saturated rings. The summed E-state index contributed by atoms with van der Waals surface area (Å²) in [4.78, 5) is 12.8. The SMILES string of the molecule is CS[C@H](C)C(=O)NC[C@@H](C)Sc1ccccc1. The van der Waals surface area contributed by atoms with Crippen LogP contribution in [0.5, 0.6) is 0 Å². The standard InChI is InChI=1S/C13H19NOS2/c1-10(9-14-13(15)11(2)16-3)17-12-7-5-4-6-8-12/h4-8,10-11H,9H2,1-3H3,(H,14,15)/t10-,11-/m1/s1. The second-order valence-electron chi connectivity index (χ2n) is 3.86. The van der Waals surface area contributed by atoms with Gasteiger partial charge >= 0.3 is 0 Å². The van der Waals surface area contributed by atoms with Crippen LogP contribution in [0.2, 0.25) is 0 Å². The zero-order chi connectivity index (χ0) is 12.7. The molecule has 2 atom stereocenters. The van der Waals surface area contributed by atoms with Crippen LogP contribution >= 0.6 is 23.5 Å². The molecule has 0 spiro atoms. The molecule has 0 bridgehead atoms. The van der Waals surface area contributed by atoms with Crippen molar-refractivity contribution in [2.75, 3.05) is 12.8 Å². The molecule has 1 N–H and O–H groups in total. The second kappa shape index (κ2) is 7.67. The molecule has 0 saturated carbocycles. The van der Waals surface area contributed by atoms with Crippen molar-refractivity contribution in [1.82, 2.24) is 5.32 Å². The summed E-state index contributed by atoms with van der Waals surface area (Å²) in [7, 11) is 0. The number of thioether (sulfide) groups is 2. The number of rotatable bonds is 6. The Bertz CT molecular complexity index is 343. The first kappa shape index (κ1) is 14.5. The third-order valence-electron chi connectivity index (χ3n) is 2.37. The van der Waals surface area contributed by atoms with E-state index in [4.69, 9.17) is 0 Å². The van der Waals surface area contributed by atoms with Crippen molar-refractivity contribution in [3.63, 3.8) is 0 Å². The molecule has 17 heavy (non-hydrogen) atoms. The fourth-order valence-electron chi connectivity index (χ4n) is 1.27. The van der Waals surface area contributed by atoms with Crippen molar-refractivity contribution in [2.24, 2.45) is 0 Å². The highest BCUT2D eigenvalue weighted by Crippen LogP contribution is 2.22. The Hall–Kier alpha value is -0.610. The van der Waals surface area contributed by atoms with Crippen LogP contribution in [0.25, 0.3) is 0 Å². The van der Waals surface area contributed by atoms with E-state index in [1.54, 1.807) is 23.5 Å². The van der Waals surface area contributed by atoms with E-state index in [1.807, 2.05) is 31.4 Å². The first-order valence-electron chi connectivity index (χ1n) is 5.65. The van der Waals surface area contributed by atoms with Gasteiger partial charge in [-0.15, -0.1) is 11.8 Å². The van der Waals surface area contributed by atoms with Crippen LogP contribution in [0.1, 0.15) is 13.8 Å². The molecule has 0 aliphatic heterocycles. The number of amides is 1. The summed E-state index contributed by atoms with van der Waals surface area (Å²) in [6.45, 7) is 4.76. The second-order valence-corrected chi connectivity index (χ2v) is 6.55. The lowest BCUT2D eigenvalue weighted by Crippen LogP contribution is -2.34. The van der Waals surface area contributed by atoms with Crippen LogP contribution in [-0.4, -0.2) is 29.2 Å². The maximum absolute atomic E-state index is 11.6. The quantitative estimate of drug-likeness (QED) is 0.805. The molecule has 0 saturated heterocycles. The van der Waals surface area contributed by atoms with Crippen molar-refractivity contribution in [3.8, 4) is 0 Å². The summed E-state index contributed by atoms with van der Waals surface area (Å²) < 4.78 is 0. The summed E-state index contributed by atoms with van der Waals surface area (Å²) in [6.07, 6.45) is 1.95. The molecule has 94 valence electrons. The van der Waals surface area contributed by atoms with E-state index in [2.05, 4.69) is 24.4 Å². The number of nitrogens with one attached hydrogen (secondary N) is 1. The molecular formula is C13H19NOS2. The number of hydrogen-bond acceptors (Lipinski definition) is 3.